The Bertz CT molecular complexity index is 1280. The van der Waals surface area contributed by atoms with Gasteiger partial charge in [-0.05, 0) is 50.1 Å². The van der Waals surface area contributed by atoms with Gasteiger partial charge in [0.1, 0.15) is 6.04 Å². The molecule has 1 unspecified atom stereocenters. The fraction of sp³-hybridized carbons (Fsp3) is 0.391. The monoisotopic (exact) mass is 548 g/mol. The number of carbonyl (C=O) groups excluding carboxylic acids is 1. The summed E-state index contributed by atoms with van der Waals surface area (Å²) in [4.78, 5) is 22.4. The highest BCUT2D eigenvalue weighted by Gasteiger charge is 2.41. The molecule has 3 aromatic rings. The number of hydrogen-bond acceptors (Lipinski definition) is 6. The van der Waals surface area contributed by atoms with Gasteiger partial charge in [-0.1, -0.05) is 45.0 Å². The van der Waals surface area contributed by atoms with Crippen LogP contribution >= 0.6 is 27.3 Å². The first-order valence-electron chi connectivity index (χ1n) is 11.0. The maximum atomic E-state index is 13.3. The summed E-state index contributed by atoms with van der Waals surface area (Å²) < 4.78 is 30.0. The van der Waals surface area contributed by atoms with Crippen LogP contribution in [0.15, 0.2) is 51.8 Å². The second-order valence-electron chi connectivity index (χ2n) is 8.51. The van der Waals surface area contributed by atoms with Crippen LogP contribution in [0, 0.1) is 6.92 Å². The van der Waals surface area contributed by atoms with Crippen molar-refractivity contribution < 1.29 is 13.2 Å². The van der Waals surface area contributed by atoms with Crippen molar-refractivity contribution in [3.63, 3.8) is 0 Å². The van der Waals surface area contributed by atoms with E-state index in [4.69, 9.17) is 4.98 Å². The van der Waals surface area contributed by atoms with E-state index in [0.29, 0.717) is 45.6 Å². The number of fused-ring (bicyclic) bond motifs is 1. The molecule has 3 heterocycles. The van der Waals surface area contributed by atoms with Crippen LogP contribution in [0.25, 0.3) is 10.2 Å². The fourth-order valence-electron chi connectivity index (χ4n) is 4.47. The Morgan fingerprint density at radius 1 is 1.06 bits per heavy atom. The number of piperazine rings is 1. The average molecular weight is 550 g/mol. The summed E-state index contributed by atoms with van der Waals surface area (Å²) >= 11 is 5.15. The van der Waals surface area contributed by atoms with Gasteiger partial charge in [0, 0.05) is 37.2 Å². The number of amides is 1. The Kier molecular flexibility index (Phi) is 6.19. The van der Waals surface area contributed by atoms with E-state index in [1.165, 1.54) is 4.31 Å². The van der Waals surface area contributed by atoms with Crippen molar-refractivity contribution in [3.05, 3.63) is 52.5 Å². The highest BCUT2D eigenvalue weighted by atomic mass is 79.9. The molecule has 0 bridgehead atoms. The molecule has 2 saturated heterocycles. The standard InChI is InChI=1S/C23H25BrN4O3S2/c1-16-4-7-18(8-5-16)33(30,31)28-10-2-3-20(28)22(29)26-11-13-27(14-12-26)23-25-19-9-6-17(24)15-21(19)32-23/h4-9,15,20H,2-3,10-14H2,1H3. The average Bonchev–Trinajstić information content (AvgIpc) is 3.46. The topological polar surface area (TPSA) is 73.8 Å². The van der Waals surface area contributed by atoms with Gasteiger partial charge in [0.25, 0.3) is 0 Å². The summed E-state index contributed by atoms with van der Waals surface area (Å²) in [6, 6.07) is 12.3. The van der Waals surface area contributed by atoms with Gasteiger partial charge in [0.15, 0.2) is 5.13 Å². The lowest BCUT2D eigenvalue weighted by Crippen LogP contribution is -2.54. The third-order valence-electron chi connectivity index (χ3n) is 6.32. The molecule has 2 aliphatic heterocycles. The molecule has 5 rings (SSSR count). The largest absolute Gasteiger partial charge is 0.345 e. The van der Waals surface area contributed by atoms with Crippen LogP contribution in [0.5, 0.6) is 0 Å². The van der Waals surface area contributed by atoms with Gasteiger partial charge in [0.05, 0.1) is 15.1 Å². The van der Waals surface area contributed by atoms with Gasteiger partial charge in [-0.25, -0.2) is 13.4 Å². The van der Waals surface area contributed by atoms with Crippen molar-refractivity contribution in [2.45, 2.75) is 30.7 Å². The van der Waals surface area contributed by atoms with Crippen molar-refractivity contribution in [3.8, 4) is 0 Å². The van der Waals surface area contributed by atoms with E-state index in [9.17, 15) is 13.2 Å². The van der Waals surface area contributed by atoms with Gasteiger partial charge < -0.3 is 9.80 Å². The van der Waals surface area contributed by atoms with Crippen molar-refractivity contribution in [1.29, 1.82) is 0 Å². The lowest BCUT2D eigenvalue weighted by Gasteiger charge is -2.37. The van der Waals surface area contributed by atoms with Crippen LogP contribution in [0.1, 0.15) is 18.4 Å². The van der Waals surface area contributed by atoms with Crippen molar-refractivity contribution in [2.75, 3.05) is 37.6 Å². The number of anilines is 1. The number of thiazole rings is 1. The molecule has 0 aliphatic carbocycles. The van der Waals surface area contributed by atoms with Crippen molar-refractivity contribution >= 4 is 58.5 Å². The highest BCUT2D eigenvalue weighted by molar-refractivity contribution is 9.10. The zero-order valence-electron chi connectivity index (χ0n) is 18.3. The zero-order chi connectivity index (χ0) is 23.2. The molecule has 0 N–H and O–H groups in total. The molecule has 33 heavy (non-hydrogen) atoms. The summed E-state index contributed by atoms with van der Waals surface area (Å²) in [7, 11) is -3.70. The Morgan fingerprint density at radius 2 is 1.79 bits per heavy atom. The maximum Gasteiger partial charge on any atom is 0.243 e. The SMILES string of the molecule is Cc1ccc(S(=O)(=O)N2CCCC2C(=O)N2CCN(c3nc4ccc(Br)cc4s3)CC2)cc1. The molecule has 0 spiro atoms. The number of carbonyl (C=O) groups is 1. The van der Waals surface area contributed by atoms with Gasteiger partial charge in [0.2, 0.25) is 15.9 Å². The van der Waals surface area contributed by atoms with E-state index < -0.39 is 16.1 Å². The summed E-state index contributed by atoms with van der Waals surface area (Å²) in [6.07, 6.45) is 1.26. The van der Waals surface area contributed by atoms with E-state index in [-0.39, 0.29) is 10.8 Å². The smallest absolute Gasteiger partial charge is 0.243 e. The minimum absolute atomic E-state index is 0.0870. The molecule has 0 saturated carbocycles. The van der Waals surface area contributed by atoms with Crippen LogP contribution in [0.3, 0.4) is 0 Å². The highest BCUT2D eigenvalue weighted by Crippen LogP contribution is 2.32. The Balaban J connectivity index is 1.27. The molecule has 10 heteroatoms. The predicted molar refractivity (Wildman–Crippen MR) is 134 cm³/mol. The van der Waals surface area contributed by atoms with Crippen LogP contribution in [-0.4, -0.2) is 67.3 Å². The predicted octanol–water partition coefficient (Wildman–Crippen LogP) is 3.87. The van der Waals surface area contributed by atoms with Crippen LogP contribution in [-0.2, 0) is 14.8 Å². The minimum atomic E-state index is -3.70. The van der Waals surface area contributed by atoms with Gasteiger partial charge in [-0.3, -0.25) is 4.79 Å². The molecule has 7 nitrogen and oxygen atoms in total. The number of sulfonamides is 1. The first kappa shape index (κ1) is 22.8. The van der Waals surface area contributed by atoms with Gasteiger partial charge in [-0.15, -0.1) is 0 Å². The number of nitrogens with zero attached hydrogens (tertiary/aromatic N) is 4. The first-order valence-corrected chi connectivity index (χ1v) is 14.1. The molecule has 2 aromatic carbocycles. The normalized spacial score (nSPS) is 20.0. The van der Waals surface area contributed by atoms with E-state index in [0.717, 1.165) is 25.4 Å². The lowest BCUT2D eigenvalue weighted by molar-refractivity contribution is -0.134. The van der Waals surface area contributed by atoms with Crippen molar-refractivity contribution in [2.24, 2.45) is 0 Å². The number of halogens is 1. The second kappa shape index (κ2) is 8.98. The van der Waals surface area contributed by atoms with Gasteiger partial charge in [-0.2, -0.15) is 4.31 Å². The molecule has 1 atom stereocenters. The summed E-state index contributed by atoms with van der Waals surface area (Å²) in [5.74, 6) is -0.0870. The Morgan fingerprint density at radius 3 is 2.52 bits per heavy atom. The van der Waals surface area contributed by atoms with E-state index in [1.54, 1.807) is 35.6 Å². The molecule has 1 amide bonds. The summed E-state index contributed by atoms with van der Waals surface area (Å²) in [5.41, 5.74) is 1.97. The molecular formula is C23H25BrN4O3S2. The fourth-order valence-corrected chi connectivity index (χ4v) is 7.69. The summed E-state index contributed by atoms with van der Waals surface area (Å²) in [5, 5.41) is 0.958. The van der Waals surface area contributed by atoms with E-state index in [1.807, 2.05) is 24.0 Å². The Hall–Kier alpha value is -2.01. The molecule has 1 aromatic heterocycles. The molecule has 174 valence electrons. The van der Waals surface area contributed by atoms with E-state index in [2.05, 4.69) is 26.9 Å². The summed E-state index contributed by atoms with van der Waals surface area (Å²) in [6.45, 7) is 4.80. The number of hydrogen-bond donors (Lipinski definition) is 0. The quantitative estimate of drug-likeness (QED) is 0.494. The maximum absolute atomic E-state index is 13.3. The number of rotatable bonds is 4. The zero-order valence-corrected chi connectivity index (χ0v) is 21.5. The minimum Gasteiger partial charge on any atom is -0.345 e. The first-order chi connectivity index (χ1) is 15.8. The van der Waals surface area contributed by atoms with Crippen molar-refractivity contribution in [1.82, 2.24) is 14.2 Å². The molecule has 2 aliphatic rings. The number of benzene rings is 2. The van der Waals surface area contributed by atoms with Crippen LogP contribution in [0.2, 0.25) is 0 Å². The third kappa shape index (κ3) is 4.41. The molecular weight excluding hydrogens is 524 g/mol. The lowest BCUT2D eigenvalue weighted by atomic mass is 10.2. The molecule has 2 fully saturated rings. The number of aromatic nitrogens is 1. The van der Waals surface area contributed by atoms with Gasteiger partial charge >= 0.3 is 0 Å². The van der Waals surface area contributed by atoms with Crippen LogP contribution < -0.4 is 4.90 Å². The van der Waals surface area contributed by atoms with E-state index >= 15 is 0 Å². The third-order valence-corrected chi connectivity index (χ3v) is 9.81. The molecule has 0 radical (unpaired) electrons. The number of aryl methyl sites for hydroxylation is 1. The Labute approximate surface area is 206 Å². The second-order valence-corrected chi connectivity index (χ2v) is 12.3. The van der Waals surface area contributed by atoms with Crippen LogP contribution in [0.4, 0.5) is 5.13 Å².